The molecule has 0 bridgehead atoms. The molecule has 0 radical (unpaired) electrons. The minimum atomic E-state index is -0.476. The van der Waals surface area contributed by atoms with Gasteiger partial charge in [0.05, 0.1) is 12.1 Å². The van der Waals surface area contributed by atoms with E-state index in [4.69, 9.17) is 0 Å². The third-order valence-electron chi connectivity index (χ3n) is 5.09. The van der Waals surface area contributed by atoms with Crippen LogP contribution in [0.3, 0.4) is 0 Å². The summed E-state index contributed by atoms with van der Waals surface area (Å²) in [4.78, 5) is 30.5. The van der Waals surface area contributed by atoms with Crippen molar-refractivity contribution in [2.45, 2.75) is 51.0 Å². The van der Waals surface area contributed by atoms with E-state index in [2.05, 4.69) is 10.3 Å². The molecule has 5 nitrogen and oxygen atoms in total. The Bertz CT molecular complexity index is 602. The molecule has 0 unspecified atom stereocenters. The van der Waals surface area contributed by atoms with E-state index in [0.717, 1.165) is 12.8 Å². The van der Waals surface area contributed by atoms with Gasteiger partial charge in [-0.25, -0.2) is 4.39 Å². The molecule has 1 aliphatic heterocycles. The molecule has 1 saturated heterocycles. The molecule has 1 aliphatic carbocycles. The molecular weight excluding hydrogens is 309 g/mol. The lowest BCUT2D eigenvalue weighted by Crippen LogP contribution is -2.58. The number of pyridine rings is 1. The Labute approximate surface area is 141 Å². The summed E-state index contributed by atoms with van der Waals surface area (Å²) < 4.78 is 13.8. The van der Waals surface area contributed by atoms with Gasteiger partial charge in [-0.05, 0) is 24.5 Å². The number of rotatable bonds is 4. The van der Waals surface area contributed by atoms with Crippen molar-refractivity contribution in [3.8, 4) is 0 Å². The average Bonchev–Trinajstić information content (AvgIpc) is 2.59. The van der Waals surface area contributed by atoms with E-state index in [1.165, 1.54) is 37.6 Å². The molecular formula is C18H24FN3O2. The van der Waals surface area contributed by atoms with Gasteiger partial charge in [0.15, 0.2) is 0 Å². The third kappa shape index (κ3) is 3.91. The Morgan fingerprint density at radius 2 is 2.12 bits per heavy atom. The second kappa shape index (κ2) is 7.73. The SMILES string of the molecule is O=C1NCCN(C(=O)Cc2ncccc2F)[C@H]1CC1CCCCC1. The summed E-state index contributed by atoms with van der Waals surface area (Å²) in [5.41, 5.74) is 0.143. The van der Waals surface area contributed by atoms with Gasteiger partial charge in [-0.1, -0.05) is 32.1 Å². The first-order chi connectivity index (χ1) is 11.6. The van der Waals surface area contributed by atoms with Gasteiger partial charge in [-0.15, -0.1) is 0 Å². The normalized spacial score (nSPS) is 22.3. The smallest absolute Gasteiger partial charge is 0.242 e. The number of nitrogens with one attached hydrogen (secondary N) is 1. The predicted molar refractivity (Wildman–Crippen MR) is 87.6 cm³/mol. The lowest BCUT2D eigenvalue weighted by molar-refractivity contribution is -0.143. The molecule has 2 heterocycles. The zero-order chi connectivity index (χ0) is 16.9. The number of aromatic nitrogens is 1. The zero-order valence-electron chi connectivity index (χ0n) is 13.8. The molecule has 2 fully saturated rings. The molecule has 2 amide bonds. The molecule has 0 spiro atoms. The fourth-order valence-corrected chi connectivity index (χ4v) is 3.78. The van der Waals surface area contributed by atoms with Crippen LogP contribution >= 0.6 is 0 Å². The van der Waals surface area contributed by atoms with Gasteiger partial charge in [0, 0.05) is 19.3 Å². The molecule has 1 N–H and O–H groups in total. The zero-order valence-corrected chi connectivity index (χ0v) is 13.8. The summed E-state index contributed by atoms with van der Waals surface area (Å²) in [5, 5.41) is 2.86. The van der Waals surface area contributed by atoms with Gasteiger partial charge in [0.25, 0.3) is 0 Å². The van der Waals surface area contributed by atoms with Crippen molar-refractivity contribution in [2.75, 3.05) is 13.1 Å². The first kappa shape index (κ1) is 16.9. The topological polar surface area (TPSA) is 62.3 Å². The number of piperazine rings is 1. The first-order valence-corrected chi connectivity index (χ1v) is 8.81. The number of hydrogen-bond donors (Lipinski definition) is 1. The summed E-state index contributed by atoms with van der Waals surface area (Å²) in [7, 11) is 0. The van der Waals surface area contributed by atoms with E-state index in [1.54, 1.807) is 4.90 Å². The fourth-order valence-electron chi connectivity index (χ4n) is 3.78. The monoisotopic (exact) mass is 333 g/mol. The number of carbonyl (C=O) groups excluding carboxylic acids is 2. The van der Waals surface area contributed by atoms with E-state index in [1.807, 2.05) is 0 Å². The quantitative estimate of drug-likeness (QED) is 0.917. The maximum Gasteiger partial charge on any atom is 0.242 e. The second-order valence-corrected chi connectivity index (χ2v) is 6.74. The minimum absolute atomic E-state index is 0.0818. The molecule has 1 aromatic rings. The fraction of sp³-hybridized carbons (Fsp3) is 0.611. The van der Waals surface area contributed by atoms with Crippen molar-refractivity contribution in [3.05, 3.63) is 29.8 Å². The van der Waals surface area contributed by atoms with Crippen LogP contribution in [-0.2, 0) is 16.0 Å². The van der Waals surface area contributed by atoms with Crippen LogP contribution in [0.25, 0.3) is 0 Å². The van der Waals surface area contributed by atoms with Gasteiger partial charge in [0.1, 0.15) is 11.9 Å². The largest absolute Gasteiger partial charge is 0.353 e. The Morgan fingerprint density at radius 3 is 2.88 bits per heavy atom. The van der Waals surface area contributed by atoms with Crippen LogP contribution in [0.15, 0.2) is 18.3 Å². The van der Waals surface area contributed by atoms with Crippen LogP contribution in [0.4, 0.5) is 4.39 Å². The Kier molecular flexibility index (Phi) is 5.43. The Hall–Kier alpha value is -1.98. The third-order valence-corrected chi connectivity index (χ3v) is 5.09. The summed E-state index contributed by atoms with van der Waals surface area (Å²) >= 11 is 0. The highest BCUT2D eigenvalue weighted by molar-refractivity contribution is 5.89. The van der Waals surface area contributed by atoms with Crippen molar-refractivity contribution >= 4 is 11.8 Å². The van der Waals surface area contributed by atoms with Crippen molar-refractivity contribution in [1.29, 1.82) is 0 Å². The average molecular weight is 333 g/mol. The van der Waals surface area contributed by atoms with Crippen molar-refractivity contribution in [3.63, 3.8) is 0 Å². The lowest BCUT2D eigenvalue weighted by Gasteiger charge is -2.37. The molecule has 1 saturated carbocycles. The highest BCUT2D eigenvalue weighted by Gasteiger charge is 2.35. The summed E-state index contributed by atoms with van der Waals surface area (Å²) in [6.45, 7) is 0.937. The lowest BCUT2D eigenvalue weighted by atomic mass is 9.84. The number of nitrogens with zero attached hydrogens (tertiary/aromatic N) is 2. The maximum atomic E-state index is 13.8. The molecule has 6 heteroatoms. The van der Waals surface area contributed by atoms with Gasteiger partial charge < -0.3 is 10.2 Å². The van der Waals surface area contributed by atoms with Crippen LogP contribution in [-0.4, -0.2) is 40.8 Å². The summed E-state index contributed by atoms with van der Waals surface area (Å²) in [5.74, 6) is -0.282. The van der Waals surface area contributed by atoms with Gasteiger partial charge >= 0.3 is 0 Å². The van der Waals surface area contributed by atoms with Crippen LogP contribution in [0.5, 0.6) is 0 Å². The maximum absolute atomic E-state index is 13.8. The molecule has 130 valence electrons. The van der Waals surface area contributed by atoms with E-state index < -0.39 is 11.9 Å². The second-order valence-electron chi connectivity index (χ2n) is 6.74. The molecule has 24 heavy (non-hydrogen) atoms. The summed E-state index contributed by atoms with van der Waals surface area (Å²) in [6.07, 6.45) is 8.01. The first-order valence-electron chi connectivity index (χ1n) is 8.81. The van der Waals surface area contributed by atoms with E-state index in [0.29, 0.717) is 25.4 Å². The molecule has 0 aromatic carbocycles. The van der Waals surface area contributed by atoms with Gasteiger partial charge in [-0.2, -0.15) is 0 Å². The number of carbonyl (C=O) groups is 2. The molecule has 1 atom stereocenters. The van der Waals surface area contributed by atoms with E-state index in [9.17, 15) is 14.0 Å². The van der Waals surface area contributed by atoms with E-state index >= 15 is 0 Å². The Balaban J connectivity index is 1.69. The standard InChI is InChI=1S/C18H24FN3O2/c19-14-7-4-8-20-15(14)12-17(23)22-10-9-21-18(24)16(22)11-13-5-2-1-3-6-13/h4,7-8,13,16H,1-3,5-6,9-12H2,(H,21,24)/t16-/m0/s1. The predicted octanol–water partition coefficient (Wildman–Crippen LogP) is 2.06. The number of amides is 2. The van der Waals surface area contributed by atoms with Gasteiger partial charge in [-0.3, -0.25) is 14.6 Å². The molecule has 3 rings (SSSR count). The molecule has 1 aromatic heterocycles. The van der Waals surface area contributed by atoms with Crippen LogP contribution in [0, 0.1) is 11.7 Å². The minimum Gasteiger partial charge on any atom is -0.353 e. The summed E-state index contributed by atoms with van der Waals surface area (Å²) in [6, 6.07) is 2.38. The van der Waals surface area contributed by atoms with E-state index in [-0.39, 0.29) is 23.9 Å². The van der Waals surface area contributed by atoms with Crippen molar-refractivity contribution in [1.82, 2.24) is 15.2 Å². The highest BCUT2D eigenvalue weighted by atomic mass is 19.1. The molecule has 2 aliphatic rings. The number of halogens is 1. The van der Waals surface area contributed by atoms with Crippen molar-refractivity contribution in [2.24, 2.45) is 5.92 Å². The van der Waals surface area contributed by atoms with Crippen LogP contribution in [0.1, 0.15) is 44.2 Å². The number of hydrogen-bond acceptors (Lipinski definition) is 3. The van der Waals surface area contributed by atoms with Gasteiger partial charge in [0.2, 0.25) is 11.8 Å². The Morgan fingerprint density at radius 1 is 1.33 bits per heavy atom. The highest BCUT2D eigenvalue weighted by Crippen LogP contribution is 2.29. The van der Waals surface area contributed by atoms with Crippen LogP contribution < -0.4 is 5.32 Å². The van der Waals surface area contributed by atoms with Crippen molar-refractivity contribution < 1.29 is 14.0 Å². The van der Waals surface area contributed by atoms with Crippen LogP contribution in [0.2, 0.25) is 0 Å².